The predicted octanol–water partition coefficient (Wildman–Crippen LogP) is 5.48. The van der Waals surface area contributed by atoms with E-state index in [0.29, 0.717) is 28.5 Å². The van der Waals surface area contributed by atoms with Crippen LogP contribution >= 0.6 is 11.6 Å². The number of rotatable bonds is 3. The van der Waals surface area contributed by atoms with Crippen LogP contribution in [0.1, 0.15) is 33.6 Å². The summed E-state index contributed by atoms with van der Waals surface area (Å²) in [4.78, 5) is 27.1. The lowest BCUT2D eigenvalue weighted by atomic mass is 10.0. The normalized spacial score (nSPS) is 22.4. The van der Waals surface area contributed by atoms with Gasteiger partial charge in [0, 0.05) is 22.2 Å². The molecule has 7 heteroatoms. The molecule has 158 valence electrons. The van der Waals surface area contributed by atoms with Crippen LogP contribution in [-0.4, -0.2) is 34.6 Å². The molecular weight excluding hydrogens is 407 g/mol. The van der Waals surface area contributed by atoms with Crippen molar-refractivity contribution in [3.8, 4) is 11.1 Å². The molecule has 1 aliphatic heterocycles. The molecule has 2 aliphatic rings. The molecule has 2 fully saturated rings. The first kappa shape index (κ1) is 20.7. The third-order valence-corrected chi connectivity index (χ3v) is 5.76. The first-order valence-electron chi connectivity index (χ1n) is 10.0. The van der Waals surface area contributed by atoms with E-state index in [1.165, 1.54) is 11.0 Å². The minimum Gasteiger partial charge on any atom is -0.444 e. The summed E-state index contributed by atoms with van der Waals surface area (Å²) in [6, 6.07) is 11.1. The Morgan fingerprint density at radius 2 is 1.80 bits per heavy atom. The van der Waals surface area contributed by atoms with Gasteiger partial charge < -0.3 is 10.1 Å². The van der Waals surface area contributed by atoms with E-state index < -0.39 is 29.5 Å². The summed E-state index contributed by atoms with van der Waals surface area (Å²) < 4.78 is 20.7. The maximum Gasteiger partial charge on any atom is 0.411 e. The molecule has 2 amide bonds. The fourth-order valence-corrected chi connectivity index (χ4v) is 4.24. The van der Waals surface area contributed by atoms with Gasteiger partial charge in [0.1, 0.15) is 11.6 Å². The molecule has 30 heavy (non-hydrogen) atoms. The summed E-state index contributed by atoms with van der Waals surface area (Å²) in [5.74, 6) is -0.679. The van der Waals surface area contributed by atoms with Gasteiger partial charge in [-0.15, -0.1) is 0 Å². The Balaban J connectivity index is 1.55. The number of amides is 2. The summed E-state index contributed by atoms with van der Waals surface area (Å²) in [7, 11) is 0. The Hall–Kier alpha value is -2.60. The van der Waals surface area contributed by atoms with Gasteiger partial charge in [0.2, 0.25) is 5.91 Å². The van der Waals surface area contributed by atoms with Gasteiger partial charge in [-0.25, -0.2) is 9.18 Å². The molecule has 3 atom stereocenters. The minimum absolute atomic E-state index is 0.0231. The summed E-state index contributed by atoms with van der Waals surface area (Å²) in [6.07, 6.45) is 0.930. The van der Waals surface area contributed by atoms with Gasteiger partial charge in [-0.1, -0.05) is 41.9 Å². The lowest BCUT2D eigenvalue weighted by Crippen LogP contribution is -2.47. The zero-order valence-corrected chi connectivity index (χ0v) is 17.9. The standard InChI is InChI=1S/C23H24ClFN2O3/c1-23(2,3)30-22(29)27-18-11-13(18)12-19(27)21(28)26-17-10-6-8-15(20(17)25)14-7-4-5-9-16(14)24/h4-10,13,18-19H,11-12H2,1-3H3,(H,26,28)/t13-,18?,19+/m1/s1. The largest absolute Gasteiger partial charge is 0.444 e. The summed E-state index contributed by atoms with van der Waals surface area (Å²) >= 11 is 6.21. The number of hydrogen-bond donors (Lipinski definition) is 1. The maximum absolute atomic E-state index is 15.2. The van der Waals surface area contributed by atoms with Crippen LogP contribution in [0.5, 0.6) is 0 Å². The van der Waals surface area contributed by atoms with Crippen molar-refractivity contribution in [2.45, 2.75) is 51.3 Å². The Kier molecular flexibility index (Phi) is 5.22. The van der Waals surface area contributed by atoms with E-state index in [0.717, 1.165) is 6.42 Å². The molecule has 2 aromatic rings. The van der Waals surface area contributed by atoms with Crippen molar-refractivity contribution in [3.63, 3.8) is 0 Å². The van der Waals surface area contributed by atoms with Crippen LogP contribution in [-0.2, 0) is 9.53 Å². The molecule has 0 aromatic heterocycles. The number of carbonyl (C=O) groups excluding carboxylic acids is 2. The first-order chi connectivity index (χ1) is 14.2. The van der Waals surface area contributed by atoms with Crippen molar-refractivity contribution in [3.05, 3.63) is 53.3 Å². The second-order valence-corrected chi connectivity index (χ2v) is 9.25. The number of fused-ring (bicyclic) bond motifs is 1. The van der Waals surface area contributed by atoms with Crippen molar-refractivity contribution in [2.75, 3.05) is 5.32 Å². The second-order valence-electron chi connectivity index (χ2n) is 8.84. The number of hydrogen-bond acceptors (Lipinski definition) is 3. The first-order valence-corrected chi connectivity index (χ1v) is 10.4. The van der Waals surface area contributed by atoms with Gasteiger partial charge >= 0.3 is 6.09 Å². The highest BCUT2D eigenvalue weighted by atomic mass is 35.5. The fraction of sp³-hybridized carbons (Fsp3) is 0.391. The molecule has 1 aliphatic carbocycles. The molecule has 5 nitrogen and oxygen atoms in total. The number of halogens is 2. The summed E-state index contributed by atoms with van der Waals surface area (Å²) in [6.45, 7) is 5.36. The zero-order chi connectivity index (χ0) is 21.6. The van der Waals surface area contributed by atoms with Crippen LogP contribution in [0.3, 0.4) is 0 Å². The number of benzene rings is 2. The molecule has 4 rings (SSSR count). The summed E-state index contributed by atoms with van der Waals surface area (Å²) in [5.41, 5.74) is 0.254. The number of likely N-dealkylation sites (tertiary alicyclic amines) is 1. The highest BCUT2D eigenvalue weighted by Crippen LogP contribution is 2.48. The SMILES string of the molecule is CC(C)(C)OC(=O)N1C2C[C@@H]2C[C@H]1C(=O)Nc1cccc(-c2ccccc2Cl)c1F. The number of carbonyl (C=O) groups is 2. The van der Waals surface area contributed by atoms with Crippen molar-refractivity contribution >= 4 is 29.3 Å². The topological polar surface area (TPSA) is 58.6 Å². The highest BCUT2D eigenvalue weighted by Gasteiger charge is 2.57. The molecular formula is C23H24ClFN2O3. The van der Waals surface area contributed by atoms with Crippen molar-refractivity contribution in [2.24, 2.45) is 5.92 Å². The molecule has 0 spiro atoms. The molecule has 0 radical (unpaired) electrons. The van der Waals surface area contributed by atoms with Gasteiger partial charge in [-0.2, -0.15) is 0 Å². The highest BCUT2D eigenvalue weighted by molar-refractivity contribution is 6.33. The average Bonchev–Trinajstić information content (AvgIpc) is 3.32. The fourth-order valence-electron chi connectivity index (χ4n) is 4.00. The Morgan fingerprint density at radius 3 is 2.50 bits per heavy atom. The van der Waals surface area contributed by atoms with E-state index in [9.17, 15) is 9.59 Å². The smallest absolute Gasteiger partial charge is 0.411 e. The van der Waals surface area contributed by atoms with Crippen molar-refractivity contribution < 1.29 is 18.7 Å². The summed E-state index contributed by atoms with van der Waals surface area (Å²) in [5, 5.41) is 3.09. The number of piperidine rings is 1. The number of nitrogens with one attached hydrogen (secondary N) is 1. The van der Waals surface area contributed by atoms with Crippen molar-refractivity contribution in [1.82, 2.24) is 4.90 Å². The van der Waals surface area contributed by atoms with Gasteiger partial charge in [-0.3, -0.25) is 9.69 Å². The molecule has 0 bridgehead atoms. The molecule has 1 unspecified atom stereocenters. The lowest BCUT2D eigenvalue weighted by molar-refractivity contribution is -0.121. The van der Waals surface area contributed by atoms with Gasteiger partial charge in [0.05, 0.1) is 5.69 Å². The van der Waals surface area contributed by atoms with Crippen molar-refractivity contribution in [1.29, 1.82) is 0 Å². The van der Waals surface area contributed by atoms with Crippen LogP contribution < -0.4 is 5.32 Å². The van der Waals surface area contributed by atoms with E-state index in [1.807, 2.05) is 0 Å². The van der Waals surface area contributed by atoms with Crippen LogP contribution in [0.2, 0.25) is 5.02 Å². The van der Waals surface area contributed by atoms with Gasteiger partial charge in [0.25, 0.3) is 0 Å². The molecule has 2 aromatic carbocycles. The monoisotopic (exact) mass is 430 g/mol. The van der Waals surface area contributed by atoms with E-state index in [-0.39, 0.29) is 11.7 Å². The van der Waals surface area contributed by atoms with Crippen LogP contribution in [0.4, 0.5) is 14.9 Å². The number of anilines is 1. The Morgan fingerprint density at radius 1 is 1.10 bits per heavy atom. The van der Waals surface area contributed by atoms with E-state index in [2.05, 4.69) is 5.32 Å². The molecule has 1 saturated carbocycles. The number of ether oxygens (including phenoxy) is 1. The average molecular weight is 431 g/mol. The molecule has 1 saturated heterocycles. The quantitative estimate of drug-likeness (QED) is 0.701. The lowest BCUT2D eigenvalue weighted by Gasteiger charge is -2.30. The Labute approximate surface area is 180 Å². The van der Waals surface area contributed by atoms with Gasteiger partial charge in [-0.05, 0) is 51.7 Å². The maximum atomic E-state index is 15.2. The van der Waals surface area contributed by atoms with Crippen LogP contribution in [0, 0.1) is 11.7 Å². The third-order valence-electron chi connectivity index (χ3n) is 5.43. The zero-order valence-electron chi connectivity index (χ0n) is 17.1. The van der Waals surface area contributed by atoms with Crippen LogP contribution in [0.15, 0.2) is 42.5 Å². The minimum atomic E-state index is -0.674. The molecule has 1 heterocycles. The predicted molar refractivity (Wildman–Crippen MR) is 114 cm³/mol. The van der Waals surface area contributed by atoms with E-state index >= 15 is 4.39 Å². The van der Waals surface area contributed by atoms with Crippen LogP contribution in [0.25, 0.3) is 11.1 Å². The van der Waals surface area contributed by atoms with Gasteiger partial charge in [0.15, 0.2) is 5.82 Å². The van der Waals surface area contributed by atoms with E-state index in [4.69, 9.17) is 16.3 Å². The number of nitrogens with zero attached hydrogens (tertiary/aromatic N) is 1. The second kappa shape index (κ2) is 7.58. The third kappa shape index (κ3) is 4.01. The Bertz CT molecular complexity index is 1000. The van der Waals surface area contributed by atoms with E-state index in [1.54, 1.807) is 57.2 Å². The molecule has 1 N–H and O–H groups in total.